The van der Waals surface area contributed by atoms with Crippen LogP contribution in [0.5, 0.6) is 0 Å². The third-order valence-electron chi connectivity index (χ3n) is 6.33. The van der Waals surface area contributed by atoms with Gasteiger partial charge in [0.15, 0.2) is 0 Å². The Balaban J connectivity index is 0.000000872. The maximum atomic E-state index is 13.6. The number of amides is 1. The number of ether oxygens (including phenoxy) is 1. The molecule has 4 aromatic rings. The number of ketones is 1. The Morgan fingerprint density at radius 2 is 1.64 bits per heavy atom. The van der Waals surface area contributed by atoms with E-state index >= 15 is 0 Å². The van der Waals surface area contributed by atoms with E-state index in [2.05, 4.69) is 20.0 Å². The van der Waals surface area contributed by atoms with Crippen LogP contribution in [-0.4, -0.2) is 59.2 Å². The minimum absolute atomic E-state index is 0.0550. The molecule has 0 aliphatic carbocycles. The van der Waals surface area contributed by atoms with Crippen LogP contribution in [-0.2, 0) is 37.2 Å². The van der Waals surface area contributed by atoms with Crippen molar-refractivity contribution in [3.05, 3.63) is 84.3 Å². The third kappa shape index (κ3) is 12.7. The highest BCUT2D eigenvalue weighted by molar-refractivity contribution is 7.89. The van der Waals surface area contributed by atoms with Gasteiger partial charge in [0.05, 0.1) is 15.9 Å². The summed E-state index contributed by atoms with van der Waals surface area (Å²) >= 11 is 1.37. The molecule has 3 N–H and O–H groups in total. The average Bonchev–Trinajstić information content (AvgIpc) is 3.49. The third-order valence-corrected chi connectivity index (χ3v) is 9.20. The van der Waals surface area contributed by atoms with Gasteiger partial charge in [-0.25, -0.2) is 27.7 Å². The molecule has 11 nitrogen and oxygen atoms in total. The summed E-state index contributed by atoms with van der Waals surface area (Å²) < 4.78 is 66.8. The number of carboxylic acid groups (broad SMARTS) is 1. The van der Waals surface area contributed by atoms with Crippen LogP contribution in [0.25, 0.3) is 21.0 Å². The van der Waals surface area contributed by atoms with Crippen molar-refractivity contribution in [2.45, 2.75) is 76.6 Å². The predicted octanol–water partition coefficient (Wildman–Crippen LogP) is 7.28. The molecule has 0 atom stereocenters. The van der Waals surface area contributed by atoms with Crippen molar-refractivity contribution in [2.75, 3.05) is 5.32 Å². The van der Waals surface area contributed by atoms with Crippen molar-refractivity contribution in [1.29, 1.82) is 0 Å². The second-order valence-corrected chi connectivity index (χ2v) is 14.9. The van der Waals surface area contributed by atoms with Crippen molar-refractivity contribution in [2.24, 2.45) is 0 Å². The van der Waals surface area contributed by atoms with Gasteiger partial charge in [0.25, 0.3) is 0 Å². The number of alkyl halides is 3. The molecule has 0 fully saturated rings. The number of nitrogens with zero attached hydrogens (tertiary/aromatic N) is 2. The number of sulfonamides is 1. The summed E-state index contributed by atoms with van der Waals surface area (Å²) in [5.41, 5.74) is 2.84. The molecular formula is C34H37F3N4O7S2. The zero-order chi connectivity index (χ0) is 37.3. The number of hydrogen-bond acceptors (Lipinski definition) is 9. The highest BCUT2D eigenvalue weighted by atomic mass is 32.2. The van der Waals surface area contributed by atoms with Crippen molar-refractivity contribution in [3.63, 3.8) is 0 Å². The van der Waals surface area contributed by atoms with Crippen molar-refractivity contribution >= 4 is 44.9 Å². The minimum atomic E-state index is -5.08. The molecule has 0 saturated heterocycles. The fourth-order valence-electron chi connectivity index (χ4n) is 4.30. The smallest absolute Gasteiger partial charge is 0.475 e. The molecule has 0 unspecified atom stereocenters. The number of thiazole rings is 1. The van der Waals surface area contributed by atoms with Gasteiger partial charge in [-0.15, -0.1) is 11.3 Å². The fraction of sp³-hybridized carbons (Fsp3) is 0.324. The Hall–Kier alpha value is -4.67. The second-order valence-electron chi connectivity index (χ2n) is 12.3. The van der Waals surface area contributed by atoms with Crippen molar-refractivity contribution < 1.29 is 45.8 Å². The summed E-state index contributed by atoms with van der Waals surface area (Å²) in [5, 5.41) is 10.5. The zero-order valence-electron chi connectivity index (χ0n) is 27.9. The van der Waals surface area contributed by atoms with Crippen LogP contribution in [0.2, 0.25) is 0 Å². The second kappa shape index (κ2) is 16.8. The monoisotopic (exact) mass is 734 g/mol. The molecule has 2 heterocycles. The summed E-state index contributed by atoms with van der Waals surface area (Å²) in [6.07, 6.45) is 0.139. The van der Waals surface area contributed by atoms with Crippen LogP contribution in [0.4, 0.5) is 23.7 Å². The first-order valence-electron chi connectivity index (χ1n) is 15.2. The molecule has 0 aliphatic heterocycles. The molecule has 0 saturated carbocycles. The van der Waals surface area contributed by atoms with E-state index in [0.29, 0.717) is 27.6 Å². The van der Waals surface area contributed by atoms with Crippen LogP contribution < -0.4 is 10.0 Å². The standard InChI is InChI=1S/C32H36N4O5S2.C2HF3O2/c1-21(2)41-31(38)35-25-12-10-24(11-13-25)30-34-20-28(42-30)27-15-9-22(18-29(27)43(39,40)36-32(3,4)5)8-14-26(37)17-23-7-6-16-33-19-23;3-2(4,5)1(6)7/h6-7,9-13,15-16,18-21,36H,8,14,17H2,1-5H3,(H,35,38);(H,6,7). The van der Waals surface area contributed by atoms with E-state index in [1.165, 1.54) is 11.3 Å². The zero-order valence-corrected chi connectivity index (χ0v) is 29.5. The molecule has 50 heavy (non-hydrogen) atoms. The molecule has 0 radical (unpaired) electrons. The Labute approximate surface area is 292 Å². The number of nitrogens with one attached hydrogen (secondary N) is 2. The van der Waals surface area contributed by atoms with Crippen LogP contribution in [0.15, 0.2) is 78.1 Å². The van der Waals surface area contributed by atoms with Gasteiger partial charge in [0.1, 0.15) is 10.8 Å². The van der Waals surface area contributed by atoms with E-state index in [9.17, 15) is 31.2 Å². The maximum Gasteiger partial charge on any atom is 0.490 e. The first-order chi connectivity index (χ1) is 23.2. The van der Waals surface area contributed by atoms with Gasteiger partial charge >= 0.3 is 18.2 Å². The van der Waals surface area contributed by atoms with Crippen LogP contribution in [0.3, 0.4) is 0 Å². The number of rotatable bonds is 11. The lowest BCUT2D eigenvalue weighted by Crippen LogP contribution is -2.40. The molecule has 1 amide bonds. The number of Topliss-reactive ketones (excluding diaryl/α,β-unsaturated/α-hetero) is 1. The lowest BCUT2D eigenvalue weighted by atomic mass is 10.0. The van der Waals surface area contributed by atoms with Gasteiger partial charge in [-0.2, -0.15) is 13.2 Å². The fourth-order valence-corrected chi connectivity index (χ4v) is 7.01. The molecular weight excluding hydrogens is 698 g/mol. The summed E-state index contributed by atoms with van der Waals surface area (Å²) in [5.74, 6) is -2.70. The van der Waals surface area contributed by atoms with Gasteiger partial charge in [-0.05, 0) is 88.6 Å². The highest BCUT2D eigenvalue weighted by Gasteiger charge is 2.38. The van der Waals surface area contributed by atoms with Crippen molar-refractivity contribution in [1.82, 2.24) is 14.7 Å². The first kappa shape index (κ1) is 39.8. The first-order valence-corrected chi connectivity index (χ1v) is 17.5. The topological polar surface area (TPSA) is 165 Å². The van der Waals surface area contributed by atoms with E-state index in [0.717, 1.165) is 16.7 Å². The van der Waals surface area contributed by atoms with Crippen LogP contribution in [0, 0.1) is 0 Å². The van der Waals surface area contributed by atoms with Gasteiger partial charge in [-0.3, -0.25) is 15.1 Å². The Morgan fingerprint density at radius 1 is 0.980 bits per heavy atom. The molecule has 268 valence electrons. The Kier molecular flexibility index (Phi) is 13.4. The predicted molar refractivity (Wildman–Crippen MR) is 183 cm³/mol. The summed E-state index contributed by atoms with van der Waals surface area (Å²) in [6, 6.07) is 16.1. The average molecular weight is 735 g/mol. The van der Waals surface area contributed by atoms with E-state index < -0.39 is 33.8 Å². The van der Waals surface area contributed by atoms with Gasteiger partial charge in [0, 0.05) is 53.8 Å². The number of carbonyl (C=O) groups excluding carboxylic acids is 2. The van der Waals surface area contributed by atoms with E-state index in [1.54, 1.807) is 83.5 Å². The number of benzene rings is 2. The Bertz CT molecular complexity index is 1890. The Morgan fingerprint density at radius 3 is 2.20 bits per heavy atom. The highest BCUT2D eigenvalue weighted by Crippen LogP contribution is 2.37. The summed E-state index contributed by atoms with van der Waals surface area (Å²) in [6.45, 7) is 8.92. The summed E-state index contributed by atoms with van der Waals surface area (Å²) in [7, 11) is -3.90. The molecule has 2 aromatic heterocycles. The van der Waals surface area contributed by atoms with Crippen molar-refractivity contribution in [3.8, 4) is 21.0 Å². The molecule has 0 bridgehead atoms. The quantitative estimate of drug-likeness (QED) is 0.144. The normalized spacial score (nSPS) is 11.8. The lowest BCUT2D eigenvalue weighted by Gasteiger charge is -2.22. The molecule has 2 aromatic carbocycles. The number of carbonyl (C=O) groups is 3. The number of anilines is 1. The number of aliphatic carboxylic acids is 1. The van der Waals surface area contributed by atoms with Gasteiger partial charge in [0.2, 0.25) is 10.0 Å². The van der Waals surface area contributed by atoms with E-state index in [1.807, 2.05) is 24.3 Å². The number of carboxylic acids is 1. The van der Waals surface area contributed by atoms with Gasteiger partial charge < -0.3 is 9.84 Å². The van der Waals surface area contributed by atoms with E-state index in [-0.39, 0.29) is 29.6 Å². The maximum absolute atomic E-state index is 13.6. The number of pyridine rings is 1. The number of halogens is 3. The molecule has 16 heteroatoms. The van der Waals surface area contributed by atoms with Crippen LogP contribution >= 0.6 is 11.3 Å². The SMILES string of the molecule is CC(C)OC(=O)Nc1ccc(-c2ncc(-c3ccc(CCC(=O)Cc4cccnc4)cc3S(=O)(=O)NC(C)(C)C)s2)cc1.O=C(O)C(F)(F)F. The lowest BCUT2D eigenvalue weighted by molar-refractivity contribution is -0.192. The largest absolute Gasteiger partial charge is 0.490 e. The number of aryl methyl sites for hydroxylation is 1. The number of aromatic nitrogens is 2. The molecule has 0 aliphatic rings. The van der Waals surface area contributed by atoms with E-state index in [4.69, 9.17) is 14.6 Å². The number of hydrogen-bond donors (Lipinski definition) is 3. The van der Waals surface area contributed by atoms with Crippen LogP contribution in [0.1, 0.15) is 52.2 Å². The summed E-state index contributed by atoms with van der Waals surface area (Å²) in [4.78, 5) is 42.8. The molecule has 0 spiro atoms. The molecule has 4 rings (SSSR count). The van der Waals surface area contributed by atoms with Gasteiger partial charge in [-0.1, -0.05) is 18.2 Å². The minimum Gasteiger partial charge on any atom is -0.475 e.